The Labute approximate surface area is 134 Å². The smallest absolute Gasteiger partial charge is 0.313 e. The molecule has 0 aromatic carbocycles. The monoisotopic (exact) mass is 313 g/mol. The number of carbonyl (C=O) groups excluding carboxylic acids is 2. The van der Waals surface area contributed by atoms with E-state index in [0.29, 0.717) is 11.4 Å². The third-order valence-electron chi connectivity index (χ3n) is 3.05. The van der Waals surface area contributed by atoms with Crippen LogP contribution in [-0.4, -0.2) is 35.9 Å². The molecule has 0 atom stereocenters. The first kappa shape index (κ1) is 16.4. The van der Waals surface area contributed by atoms with Crippen molar-refractivity contribution in [1.29, 1.82) is 0 Å². The van der Waals surface area contributed by atoms with Crippen molar-refractivity contribution in [2.24, 2.45) is 0 Å². The molecule has 0 aliphatic rings. The highest BCUT2D eigenvalue weighted by atomic mass is 16.2. The van der Waals surface area contributed by atoms with Gasteiger partial charge in [-0.1, -0.05) is 6.07 Å². The molecule has 120 valence electrons. The summed E-state index contributed by atoms with van der Waals surface area (Å²) in [6.45, 7) is 2.06. The van der Waals surface area contributed by atoms with Crippen LogP contribution in [0, 0.1) is 6.92 Å². The third kappa shape index (κ3) is 4.77. The zero-order valence-electron chi connectivity index (χ0n) is 13.3. The maximum atomic E-state index is 11.8. The number of hydrogen-bond donors (Lipinski definition) is 2. The van der Waals surface area contributed by atoms with E-state index in [1.165, 1.54) is 6.20 Å². The number of amides is 2. The SMILES string of the molecule is Cc1cccc(CNC(=O)C(=O)Nc2ccc(N(C)C)nc2)n1. The lowest BCUT2D eigenvalue weighted by molar-refractivity contribution is -0.136. The summed E-state index contributed by atoms with van der Waals surface area (Å²) in [6.07, 6.45) is 1.50. The molecule has 2 aromatic heterocycles. The topological polar surface area (TPSA) is 87.2 Å². The van der Waals surface area contributed by atoms with E-state index >= 15 is 0 Å². The van der Waals surface area contributed by atoms with Gasteiger partial charge in [0.15, 0.2) is 0 Å². The van der Waals surface area contributed by atoms with E-state index in [2.05, 4.69) is 20.6 Å². The molecule has 0 fully saturated rings. The van der Waals surface area contributed by atoms with Gasteiger partial charge in [-0.05, 0) is 31.2 Å². The van der Waals surface area contributed by atoms with Gasteiger partial charge in [-0.3, -0.25) is 14.6 Å². The van der Waals surface area contributed by atoms with Gasteiger partial charge in [0.05, 0.1) is 24.1 Å². The number of nitrogens with one attached hydrogen (secondary N) is 2. The summed E-state index contributed by atoms with van der Waals surface area (Å²) in [5.41, 5.74) is 2.01. The maximum absolute atomic E-state index is 11.8. The normalized spacial score (nSPS) is 10.0. The second-order valence-electron chi connectivity index (χ2n) is 5.21. The Kier molecular flexibility index (Phi) is 5.24. The molecule has 0 saturated heterocycles. The van der Waals surface area contributed by atoms with Gasteiger partial charge in [0.25, 0.3) is 0 Å². The average molecular weight is 313 g/mol. The summed E-state index contributed by atoms with van der Waals surface area (Å²) in [5, 5.41) is 5.04. The molecule has 2 aromatic rings. The van der Waals surface area contributed by atoms with Gasteiger partial charge in [0.1, 0.15) is 5.82 Å². The Morgan fingerprint density at radius 2 is 1.91 bits per heavy atom. The molecular weight excluding hydrogens is 294 g/mol. The second kappa shape index (κ2) is 7.35. The van der Waals surface area contributed by atoms with Crippen LogP contribution in [0.3, 0.4) is 0 Å². The Morgan fingerprint density at radius 3 is 2.52 bits per heavy atom. The van der Waals surface area contributed by atoms with E-state index in [1.807, 2.05) is 38.1 Å². The fraction of sp³-hybridized carbons (Fsp3) is 0.250. The van der Waals surface area contributed by atoms with Gasteiger partial charge in [-0.25, -0.2) is 4.98 Å². The lowest BCUT2D eigenvalue weighted by Gasteiger charge is -2.11. The molecule has 7 nitrogen and oxygen atoms in total. The third-order valence-corrected chi connectivity index (χ3v) is 3.05. The first-order valence-electron chi connectivity index (χ1n) is 7.11. The molecule has 0 unspecified atom stereocenters. The van der Waals surface area contributed by atoms with E-state index in [9.17, 15) is 9.59 Å². The Hall–Kier alpha value is -2.96. The molecule has 2 amide bonds. The minimum Gasteiger partial charge on any atom is -0.363 e. The molecule has 0 bridgehead atoms. The lowest BCUT2D eigenvalue weighted by Crippen LogP contribution is -2.35. The van der Waals surface area contributed by atoms with Crippen molar-refractivity contribution >= 4 is 23.3 Å². The largest absolute Gasteiger partial charge is 0.363 e. The zero-order chi connectivity index (χ0) is 16.8. The van der Waals surface area contributed by atoms with Crippen molar-refractivity contribution in [1.82, 2.24) is 15.3 Å². The minimum atomic E-state index is -0.739. The van der Waals surface area contributed by atoms with E-state index < -0.39 is 11.8 Å². The molecule has 23 heavy (non-hydrogen) atoms. The van der Waals surface area contributed by atoms with Gasteiger partial charge >= 0.3 is 11.8 Å². The van der Waals surface area contributed by atoms with Crippen LogP contribution in [0.15, 0.2) is 36.5 Å². The highest BCUT2D eigenvalue weighted by Gasteiger charge is 2.13. The quantitative estimate of drug-likeness (QED) is 0.826. The Balaban J connectivity index is 1.88. The van der Waals surface area contributed by atoms with E-state index in [-0.39, 0.29) is 6.54 Å². The molecule has 7 heteroatoms. The van der Waals surface area contributed by atoms with Crippen molar-refractivity contribution in [2.45, 2.75) is 13.5 Å². The first-order chi connectivity index (χ1) is 11.0. The molecular formula is C16H19N5O2. The fourth-order valence-corrected chi connectivity index (χ4v) is 1.86. The van der Waals surface area contributed by atoms with Crippen LogP contribution in [0.25, 0.3) is 0 Å². The Bertz CT molecular complexity index is 698. The number of aromatic nitrogens is 2. The summed E-state index contributed by atoms with van der Waals surface area (Å²) in [7, 11) is 3.74. The molecule has 2 N–H and O–H groups in total. The van der Waals surface area contributed by atoms with Gasteiger partial charge in [0, 0.05) is 19.8 Å². The second-order valence-corrected chi connectivity index (χ2v) is 5.21. The van der Waals surface area contributed by atoms with E-state index in [0.717, 1.165) is 11.5 Å². The zero-order valence-corrected chi connectivity index (χ0v) is 13.3. The van der Waals surface area contributed by atoms with Crippen molar-refractivity contribution in [2.75, 3.05) is 24.3 Å². The number of rotatable bonds is 4. The van der Waals surface area contributed by atoms with Crippen LogP contribution in [0.4, 0.5) is 11.5 Å². The van der Waals surface area contributed by atoms with Gasteiger partial charge in [0.2, 0.25) is 0 Å². The highest BCUT2D eigenvalue weighted by Crippen LogP contribution is 2.11. The van der Waals surface area contributed by atoms with Gasteiger partial charge < -0.3 is 15.5 Å². The van der Waals surface area contributed by atoms with Crippen LogP contribution in [0.1, 0.15) is 11.4 Å². The predicted octanol–water partition coefficient (Wildman–Crippen LogP) is 1.11. The van der Waals surface area contributed by atoms with E-state index in [4.69, 9.17) is 0 Å². The molecule has 2 rings (SSSR count). The number of aryl methyl sites for hydroxylation is 1. The molecule has 0 saturated carbocycles. The van der Waals surface area contributed by atoms with Crippen molar-refractivity contribution in [3.63, 3.8) is 0 Å². The lowest BCUT2D eigenvalue weighted by atomic mass is 10.3. The number of hydrogen-bond acceptors (Lipinski definition) is 5. The van der Waals surface area contributed by atoms with Crippen molar-refractivity contribution < 1.29 is 9.59 Å². The van der Waals surface area contributed by atoms with Crippen LogP contribution in [0.2, 0.25) is 0 Å². The minimum absolute atomic E-state index is 0.200. The van der Waals surface area contributed by atoms with Crippen LogP contribution in [0.5, 0.6) is 0 Å². The summed E-state index contributed by atoms with van der Waals surface area (Å²) in [4.78, 5) is 33.9. The van der Waals surface area contributed by atoms with Crippen LogP contribution in [-0.2, 0) is 16.1 Å². The van der Waals surface area contributed by atoms with Crippen molar-refractivity contribution in [3.8, 4) is 0 Å². The summed E-state index contributed by atoms with van der Waals surface area (Å²) >= 11 is 0. The summed E-state index contributed by atoms with van der Waals surface area (Å²) in [6, 6.07) is 8.94. The predicted molar refractivity (Wildman–Crippen MR) is 88.0 cm³/mol. The van der Waals surface area contributed by atoms with Crippen molar-refractivity contribution in [3.05, 3.63) is 47.9 Å². The molecule has 0 radical (unpaired) electrons. The molecule has 0 aliphatic carbocycles. The molecule has 2 heterocycles. The van der Waals surface area contributed by atoms with Crippen LogP contribution < -0.4 is 15.5 Å². The fourth-order valence-electron chi connectivity index (χ4n) is 1.86. The number of pyridine rings is 2. The number of nitrogens with zero attached hydrogens (tertiary/aromatic N) is 3. The average Bonchev–Trinajstić information content (AvgIpc) is 2.53. The summed E-state index contributed by atoms with van der Waals surface area (Å²) < 4.78 is 0. The first-order valence-corrected chi connectivity index (χ1v) is 7.11. The standard InChI is InChI=1S/C16H19N5O2/c1-11-5-4-6-12(19-11)10-18-15(22)16(23)20-13-7-8-14(17-9-13)21(2)3/h4-9H,10H2,1-3H3,(H,18,22)(H,20,23). The number of anilines is 2. The van der Waals surface area contributed by atoms with Gasteiger partial charge in [-0.15, -0.1) is 0 Å². The highest BCUT2D eigenvalue weighted by molar-refractivity contribution is 6.39. The molecule has 0 spiro atoms. The maximum Gasteiger partial charge on any atom is 0.313 e. The van der Waals surface area contributed by atoms with E-state index in [1.54, 1.807) is 18.2 Å². The summed E-state index contributed by atoms with van der Waals surface area (Å²) in [5.74, 6) is -0.694. The molecule has 0 aliphatic heterocycles. The van der Waals surface area contributed by atoms with Crippen LogP contribution >= 0.6 is 0 Å². The Morgan fingerprint density at radius 1 is 1.13 bits per heavy atom. The van der Waals surface area contributed by atoms with Gasteiger partial charge in [-0.2, -0.15) is 0 Å². The number of carbonyl (C=O) groups is 2.